The molecule has 0 aliphatic heterocycles. The molecule has 2 aromatic rings. The van der Waals surface area contributed by atoms with Gasteiger partial charge in [0.1, 0.15) is 12.2 Å². The Balaban J connectivity index is 1.86. The maximum absolute atomic E-state index is 12.8. The number of carbonyl (C=O) groups excluding carboxylic acids is 3. The molecule has 0 unspecified atom stereocenters. The molecular weight excluding hydrogens is 327 g/mol. The van der Waals surface area contributed by atoms with Gasteiger partial charge in [0.25, 0.3) is 0 Å². The van der Waals surface area contributed by atoms with Crippen LogP contribution in [-0.2, 0) is 14.3 Å². The SMILES string of the molecule is CCOC(=O)c1ccc(NC(=O)CC(=O)Nc2ccc(F)cc2)cc1. The first-order chi connectivity index (χ1) is 12.0. The van der Waals surface area contributed by atoms with E-state index in [1.807, 2.05) is 0 Å². The Labute approximate surface area is 144 Å². The Morgan fingerprint density at radius 2 is 1.36 bits per heavy atom. The van der Waals surface area contributed by atoms with Crippen LogP contribution in [0.15, 0.2) is 48.5 Å². The van der Waals surface area contributed by atoms with Crippen molar-refractivity contribution in [1.29, 1.82) is 0 Å². The summed E-state index contributed by atoms with van der Waals surface area (Å²) in [6, 6.07) is 11.3. The van der Waals surface area contributed by atoms with Gasteiger partial charge in [0.05, 0.1) is 12.2 Å². The van der Waals surface area contributed by atoms with Gasteiger partial charge < -0.3 is 15.4 Å². The van der Waals surface area contributed by atoms with Gasteiger partial charge in [-0.3, -0.25) is 9.59 Å². The highest BCUT2D eigenvalue weighted by atomic mass is 19.1. The fourth-order valence-electron chi connectivity index (χ4n) is 1.99. The number of benzene rings is 2. The second-order valence-corrected chi connectivity index (χ2v) is 5.08. The molecule has 0 aromatic heterocycles. The quantitative estimate of drug-likeness (QED) is 0.623. The van der Waals surface area contributed by atoms with Gasteiger partial charge in [0.2, 0.25) is 11.8 Å². The van der Waals surface area contributed by atoms with Crippen molar-refractivity contribution in [3.05, 3.63) is 59.9 Å². The number of carbonyl (C=O) groups is 3. The molecule has 2 aromatic carbocycles. The average Bonchev–Trinajstić information content (AvgIpc) is 2.57. The molecule has 0 fully saturated rings. The molecule has 6 nitrogen and oxygen atoms in total. The first-order valence-electron chi connectivity index (χ1n) is 7.60. The molecule has 25 heavy (non-hydrogen) atoms. The third kappa shape index (κ3) is 5.72. The number of anilines is 2. The van der Waals surface area contributed by atoms with Crippen LogP contribution in [0.1, 0.15) is 23.7 Å². The van der Waals surface area contributed by atoms with Crippen LogP contribution in [-0.4, -0.2) is 24.4 Å². The number of rotatable bonds is 6. The van der Waals surface area contributed by atoms with Gasteiger partial charge in [0.15, 0.2) is 0 Å². The van der Waals surface area contributed by atoms with E-state index in [2.05, 4.69) is 10.6 Å². The molecule has 0 atom stereocenters. The zero-order chi connectivity index (χ0) is 18.2. The summed E-state index contributed by atoms with van der Waals surface area (Å²) in [5.41, 5.74) is 1.22. The lowest BCUT2D eigenvalue weighted by Crippen LogP contribution is -2.21. The van der Waals surface area contributed by atoms with Crippen molar-refractivity contribution in [1.82, 2.24) is 0 Å². The lowest BCUT2D eigenvalue weighted by atomic mass is 10.2. The lowest BCUT2D eigenvalue weighted by Gasteiger charge is -2.07. The standard InChI is InChI=1S/C18H17FN2O4/c1-2-25-18(24)12-3-7-14(8-4-12)20-16(22)11-17(23)21-15-9-5-13(19)6-10-15/h3-10H,2,11H2,1H3,(H,20,22)(H,21,23). The normalized spacial score (nSPS) is 10.0. The van der Waals surface area contributed by atoms with Crippen LogP contribution in [0.2, 0.25) is 0 Å². The van der Waals surface area contributed by atoms with Crippen molar-refractivity contribution in [2.24, 2.45) is 0 Å². The Bertz CT molecular complexity index is 758. The summed E-state index contributed by atoms with van der Waals surface area (Å²) in [7, 11) is 0. The predicted octanol–water partition coefficient (Wildman–Crippen LogP) is 2.97. The van der Waals surface area contributed by atoms with Crippen molar-refractivity contribution >= 4 is 29.2 Å². The first-order valence-corrected chi connectivity index (χ1v) is 7.60. The summed E-state index contributed by atoms with van der Waals surface area (Å²) in [6.07, 6.45) is -0.392. The zero-order valence-corrected chi connectivity index (χ0v) is 13.5. The first kappa shape index (κ1) is 18.1. The fourth-order valence-corrected chi connectivity index (χ4v) is 1.99. The number of hydrogen-bond acceptors (Lipinski definition) is 4. The number of hydrogen-bond donors (Lipinski definition) is 2. The van der Waals surface area contributed by atoms with Crippen LogP contribution in [0.25, 0.3) is 0 Å². The van der Waals surface area contributed by atoms with E-state index < -0.39 is 30.0 Å². The van der Waals surface area contributed by atoms with Crippen molar-refractivity contribution in [3.63, 3.8) is 0 Å². The van der Waals surface area contributed by atoms with Gasteiger partial charge in [0, 0.05) is 11.4 Å². The summed E-state index contributed by atoms with van der Waals surface area (Å²) < 4.78 is 17.7. The second kappa shape index (κ2) is 8.58. The van der Waals surface area contributed by atoms with Gasteiger partial charge >= 0.3 is 5.97 Å². The Morgan fingerprint density at radius 3 is 1.84 bits per heavy atom. The maximum Gasteiger partial charge on any atom is 0.338 e. The van der Waals surface area contributed by atoms with E-state index in [-0.39, 0.29) is 6.61 Å². The predicted molar refractivity (Wildman–Crippen MR) is 90.7 cm³/mol. The van der Waals surface area contributed by atoms with E-state index in [1.54, 1.807) is 19.1 Å². The smallest absolute Gasteiger partial charge is 0.338 e. The van der Waals surface area contributed by atoms with Crippen LogP contribution in [0.4, 0.5) is 15.8 Å². The van der Waals surface area contributed by atoms with E-state index in [0.717, 1.165) is 0 Å². The molecule has 0 saturated carbocycles. The van der Waals surface area contributed by atoms with Crippen molar-refractivity contribution < 1.29 is 23.5 Å². The minimum absolute atomic E-state index is 0.278. The van der Waals surface area contributed by atoms with Crippen LogP contribution in [0.3, 0.4) is 0 Å². The monoisotopic (exact) mass is 344 g/mol. The molecule has 0 aliphatic carbocycles. The summed E-state index contributed by atoms with van der Waals surface area (Å²) in [5, 5.41) is 5.05. The van der Waals surface area contributed by atoms with E-state index in [9.17, 15) is 18.8 Å². The van der Waals surface area contributed by atoms with Crippen LogP contribution < -0.4 is 10.6 Å². The minimum Gasteiger partial charge on any atom is -0.462 e. The molecule has 0 bridgehead atoms. The van der Waals surface area contributed by atoms with E-state index in [0.29, 0.717) is 16.9 Å². The van der Waals surface area contributed by atoms with E-state index in [4.69, 9.17) is 4.74 Å². The van der Waals surface area contributed by atoms with Crippen LogP contribution in [0, 0.1) is 5.82 Å². The zero-order valence-electron chi connectivity index (χ0n) is 13.5. The van der Waals surface area contributed by atoms with Gasteiger partial charge in [-0.25, -0.2) is 9.18 Å². The van der Waals surface area contributed by atoms with Crippen molar-refractivity contribution in [2.75, 3.05) is 17.2 Å². The number of halogens is 1. The fraction of sp³-hybridized carbons (Fsp3) is 0.167. The molecule has 2 amide bonds. The third-order valence-corrected chi connectivity index (χ3v) is 3.13. The number of nitrogens with one attached hydrogen (secondary N) is 2. The van der Waals surface area contributed by atoms with Crippen LogP contribution in [0.5, 0.6) is 0 Å². The average molecular weight is 344 g/mol. The molecule has 0 radical (unpaired) electrons. The topological polar surface area (TPSA) is 84.5 Å². The third-order valence-electron chi connectivity index (χ3n) is 3.13. The van der Waals surface area contributed by atoms with E-state index in [1.165, 1.54) is 36.4 Å². The highest BCUT2D eigenvalue weighted by molar-refractivity contribution is 6.08. The lowest BCUT2D eigenvalue weighted by molar-refractivity contribution is -0.123. The summed E-state index contributed by atoms with van der Waals surface area (Å²) in [5.74, 6) is -1.89. The summed E-state index contributed by atoms with van der Waals surface area (Å²) >= 11 is 0. The molecule has 0 heterocycles. The number of amides is 2. The number of esters is 1. The van der Waals surface area contributed by atoms with Gasteiger partial charge in [-0.05, 0) is 55.5 Å². The minimum atomic E-state index is -0.521. The van der Waals surface area contributed by atoms with Crippen LogP contribution >= 0.6 is 0 Å². The Kier molecular flexibility index (Phi) is 6.22. The van der Waals surface area contributed by atoms with Crippen molar-refractivity contribution in [3.8, 4) is 0 Å². The second-order valence-electron chi connectivity index (χ2n) is 5.08. The molecule has 0 spiro atoms. The summed E-state index contributed by atoms with van der Waals surface area (Å²) in [4.78, 5) is 35.2. The highest BCUT2D eigenvalue weighted by Gasteiger charge is 2.11. The molecule has 130 valence electrons. The molecular formula is C18H17FN2O4. The Hall–Kier alpha value is -3.22. The largest absolute Gasteiger partial charge is 0.462 e. The van der Waals surface area contributed by atoms with Crippen molar-refractivity contribution in [2.45, 2.75) is 13.3 Å². The van der Waals surface area contributed by atoms with E-state index >= 15 is 0 Å². The van der Waals surface area contributed by atoms with Gasteiger partial charge in [-0.2, -0.15) is 0 Å². The molecule has 0 saturated heterocycles. The molecule has 2 rings (SSSR count). The molecule has 0 aliphatic rings. The Morgan fingerprint density at radius 1 is 0.880 bits per heavy atom. The van der Waals surface area contributed by atoms with Gasteiger partial charge in [-0.15, -0.1) is 0 Å². The molecule has 2 N–H and O–H groups in total. The maximum atomic E-state index is 12.8. The van der Waals surface area contributed by atoms with Gasteiger partial charge in [-0.1, -0.05) is 0 Å². The highest BCUT2D eigenvalue weighted by Crippen LogP contribution is 2.12. The summed E-state index contributed by atoms with van der Waals surface area (Å²) in [6.45, 7) is 1.99. The molecule has 7 heteroatoms. The number of ether oxygens (including phenoxy) is 1.